The molecule has 6 heteroatoms. The van der Waals surface area contributed by atoms with Crippen molar-refractivity contribution in [3.8, 4) is 0 Å². The molecule has 0 heterocycles. The summed E-state index contributed by atoms with van der Waals surface area (Å²) in [6.45, 7) is 5.57. The SMILES string of the molecule is CC(C)C(C)(O)CSC(=N)N=C(N)N. The van der Waals surface area contributed by atoms with Crippen LogP contribution in [0.5, 0.6) is 0 Å². The van der Waals surface area contributed by atoms with Crippen LogP contribution in [0.25, 0.3) is 0 Å². The van der Waals surface area contributed by atoms with E-state index in [2.05, 4.69) is 4.99 Å². The highest BCUT2D eigenvalue weighted by molar-refractivity contribution is 8.13. The summed E-state index contributed by atoms with van der Waals surface area (Å²) in [4.78, 5) is 3.55. The minimum absolute atomic E-state index is 0.0194. The Morgan fingerprint density at radius 3 is 2.43 bits per heavy atom. The molecule has 0 aromatic heterocycles. The number of hydrogen-bond acceptors (Lipinski definition) is 3. The summed E-state index contributed by atoms with van der Waals surface area (Å²) in [6, 6.07) is 0. The molecule has 0 fully saturated rings. The lowest BCUT2D eigenvalue weighted by atomic mass is 9.95. The number of guanidine groups is 1. The van der Waals surface area contributed by atoms with Gasteiger partial charge >= 0.3 is 0 Å². The maximum atomic E-state index is 9.85. The molecule has 0 aromatic rings. The lowest BCUT2D eigenvalue weighted by Crippen LogP contribution is -2.34. The van der Waals surface area contributed by atoms with Crippen LogP contribution in [0.1, 0.15) is 20.8 Å². The van der Waals surface area contributed by atoms with Gasteiger partial charge in [0.1, 0.15) is 0 Å². The van der Waals surface area contributed by atoms with Gasteiger partial charge in [0, 0.05) is 5.75 Å². The first kappa shape index (κ1) is 13.2. The Labute approximate surface area is 88.5 Å². The van der Waals surface area contributed by atoms with Crippen molar-refractivity contribution in [2.45, 2.75) is 26.4 Å². The molecule has 5 nitrogen and oxygen atoms in total. The molecule has 14 heavy (non-hydrogen) atoms. The molecule has 0 aliphatic heterocycles. The highest BCUT2D eigenvalue weighted by atomic mass is 32.2. The Hall–Kier alpha value is -0.750. The van der Waals surface area contributed by atoms with Crippen LogP contribution in [0.2, 0.25) is 0 Å². The van der Waals surface area contributed by atoms with Crippen LogP contribution in [-0.4, -0.2) is 27.6 Å². The molecule has 0 rings (SSSR count). The monoisotopic (exact) mass is 218 g/mol. The zero-order valence-electron chi connectivity index (χ0n) is 8.74. The minimum Gasteiger partial charge on any atom is -0.389 e. The topological polar surface area (TPSA) is 108 Å². The molecular formula is C8H18N4OS. The van der Waals surface area contributed by atoms with E-state index in [0.29, 0.717) is 5.75 Å². The van der Waals surface area contributed by atoms with Gasteiger partial charge < -0.3 is 16.6 Å². The second kappa shape index (κ2) is 5.21. The van der Waals surface area contributed by atoms with Crippen LogP contribution in [0.3, 0.4) is 0 Å². The number of nitrogens with two attached hydrogens (primary N) is 2. The first-order chi connectivity index (χ1) is 6.25. The zero-order chi connectivity index (χ0) is 11.4. The van der Waals surface area contributed by atoms with E-state index in [4.69, 9.17) is 16.9 Å². The second-order valence-electron chi connectivity index (χ2n) is 3.64. The third-order valence-electron chi connectivity index (χ3n) is 1.98. The maximum absolute atomic E-state index is 9.85. The van der Waals surface area contributed by atoms with Gasteiger partial charge in [-0.15, -0.1) is 0 Å². The first-order valence-corrected chi connectivity index (χ1v) is 5.27. The van der Waals surface area contributed by atoms with Gasteiger partial charge in [-0.25, -0.2) is 0 Å². The molecule has 1 unspecified atom stereocenters. The van der Waals surface area contributed by atoms with Crippen LogP contribution in [0.15, 0.2) is 4.99 Å². The van der Waals surface area contributed by atoms with Crippen LogP contribution in [0.4, 0.5) is 0 Å². The van der Waals surface area contributed by atoms with Crippen LogP contribution in [-0.2, 0) is 0 Å². The smallest absolute Gasteiger partial charge is 0.193 e. The molecule has 0 aromatic carbocycles. The molecule has 0 saturated carbocycles. The van der Waals surface area contributed by atoms with Crippen molar-refractivity contribution in [3.05, 3.63) is 0 Å². The molecule has 0 amide bonds. The van der Waals surface area contributed by atoms with E-state index in [9.17, 15) is 5.11 Å². The fourth-order valence-electron chi connectivity index (χ4n) is 0.531. The Bertz CT molecular complexity index is 233. The molecular weight excluding hydrogens is 200 g/mol. The summed E-state index contributed by atoms with van der Waals surface area (Å²) in [5.41, 5.74) is 9.40. The van der Waals surface area contributed by atoms with Gasteiger partial charge in [0.25, 0.3) is 0 Å². The number of amidine groups is 1. The molecule has 0 saturated heterocycles. The molecule has 0 spiro atoms. The Morgan fingerprint density at radius 2 is 2.07 bits per heavy atom. The fourth-order valence-corrected chi connectivity index (χ4v) is 1.46. The standard InChI is InChI=1S/C8H18N4OS/c1-5(2)8(3,13)4-14-7(11)12-6(9)10/h5,13H,4H2,1-3H3,(H5,9,10,11,12). The van der Waals surface area contributed by atoms with E-state index < -0.39 is 5.60 Å². The van der Waals surface area contributed by atoms with E-state index in [1.54, 1.807) is 6.92 Å². The minimum atomic E-state index is -0.810. The van der Waals surface area contributed by atoms with Gasteiger partial charge in [-0.3, -0.25) is 5.41 Å². The quantitative estimate of drug-likeness (QED) is 0.404. The summed E-state index contributed by atoms with van der Waals surface area (Å²) in [6.07, 6.45) is 0. The highest BCUT2D eigenvalue weighted by Crippen LogP contribution is 2.22. The second-order valence-corrected chi connectivity index (χ2v) is 4.61. The van der Waals surface area contributed by atoms with E-state index in [1.807, 2.05) is 13.8 Å². The van der Waals surface area contributed by atoms with Gasteiger partial charge in [-0.1, -0.05) is 25.6 Å². The molecule has 6 N–H and O–H groups in total. The van der Waals surface area contributed by atoms with E-state index >= 15 is 0 Å². The third kappa shape index (κ3) is 5.08. The number of aliphatic hydroxyl groups is 1. The van der Waals surface area contributed by atoms with Crippen molar-refractivity contribution in [1.29, 1.82) is 5.41 Å². The number of thioether (sulfide) groups is 1. The Morgan fingerprint density at radius 1 is 1.57 bits per heavy atom. The van der Waals surface area contributed by atoms with Crippen molar-refractivity contribution in [1.82, 2.24) is 0 Å². The van der Waals surface area contributed by atoms with Gasteiger partial charge in [0.2, 0.25) is 0 Å². The summed E-state index contributed by atoms with van der Waals surface area (Å²) < 4.78 is 0. The van der Waals surface area contributed by atoms with Crippen LogP contribution >= 0.6 is 11.8 Å². The van der Waals surface area contributed by atoms with E-state index in [-0.39, 0.29) is 17.0 Å². The molecule has 0 bridgehead atoms. The number of nitrogens with zero attached hydrogens (tertiary/aromatic N) is 1. The average Bonchev–Trinajstić information content (AvgIpc) is 1.99. The van der Waals surface area contributed by atoms with Crippen molar-refractivity contribution in [2.24, 2.45) is 22.4 Å². The van der Waals surface area contributed by atoms with Gasteiger partial charge in [0.15, 0.2) is 11.1 Å². The zero-order valence-corrected chi connectivity index (χ0v) is 9.56. The van der Waals surface area contributed by atoms with Gasteiger partial charge in [-0.2, -0.15) is 4.99 Å². The van der Waals surface area contributed by atoms with E-state index in [1.165, 1.54) is 0 Å². The summed E-state index contributed by atoms with van der Waals surface area (Å²) in [5, 5.41) is 17.2. The lowest BCUT2D eigenvalue weighted by molar-refractivity contribution is 0.0378. The third-order valence-corrected chi connectivity index (χ3v) is 3.07. The molecule has 82 valence electrons. The number of rotatable bonds is 3. The Balaban J connectivity index is 4.07. The fraction of sp³-hybridized carbons (Fsp3) is 0.750. The van der Waals surface area contributed by atoms with Gasteiger partial charge in [0.05, 0.1) is 5.60 Å². The van der Waals surface area contributed by atoms with Crippen LogP contribution < -0.4 is 11.5 Å². The average molecular weight is 218 g/mol. The van der Waals surface area contributed by atoms with Crippen LogP contribution in [0, 0.1) is 11.3 Å². The van der Waals surface area contributed by atoms with E-state index in [0.717, 1.165) is 11.8 Å². The number of aliphatic imine (C=N–C) groups is 1. The first-order valence-electron chi connectivity index (χ1n) is 4.29. The van der Waals surface area contributed by atoms with Crippen molar-refractivity contribution < 1.29 is 5.11 Å². The summed E-state index contributed by atoms with van der Waals surface area (Å²) in [7, 11) is 0. The molecule has 0 radical (unpaired) electrons. The Kier molecular flexibility index (Phi) is 4.93. The summed E-state index contributed by atoms with van der Waals surface area (Å²) in [5.74, 6) is 0.397. The molecule has 0 aliphatic rings. The summed E-state index contributed by atoms with van der Waals surface area (Å²) >= 11 is 1.13. The highest BCUT2D eigenvalue weighted by Gasteiger charge is 2.25. The van der Waals surface area contributed by atoms with Crippen molar-refractivity contribution >= 4 is 22.9 Å². The largest absolute Gasteiger partial charge is 0.389 e. The predicted octanol–water partition coefficient (Wildman–Crippen LogP) is 0.335. The van der Waals surface area contributed by atoms with Gasteiger partial charge in [-0.05, 0) is 12.8 Å². The van der Waals surface area contributed by atoms with Crippen molar-refractivity contribution in [3.63, 3.8) is 0 Å². The predicted molar refractivity (Wildman–Crippen MR) is 61.5 cm³/mol. The molecule has 1 atom stereocenters. The number of hydrogen-bond donors (Lipinski definition) is 4. The number of nitrogens with one attached hydrogen (secondary N) is 1. The van der Waals surface area contributed by atoms with Crippen molar-refractivity contribution in [2.75, 3.05) is 5.75 Å². The molecule has 0 aliphatic carbocycles. The maximum Gasteiger partial charge on any atom is 0.193 e. The normalized spacial score (nSPS) is 14.9. The lowest BCUT2D eigenvalue weighted by Gasteiger charge is -2.26.